The molecule has 0 aromatic heterocycles. The minimum absolute atomic E-state index is 0.136. The lowest BCUT2D eigenvalue weighted by molar-refractivity contribution is -0.139. The van der Waals surface area contributed by atoms with Gasteiger partial charge in [-0.25, -0.2) is 0 Å². The minimum atomic E-state index is -0.995. The summed E-state index contributed by atoms with van der Waals surface area (Å²) in [5, 5.41) is 8.58. The zero-order chi connectivity index (χ0) is 12.0. The molecule has 3 N–H and O–H groups in total. The second-order valence-electron chi connectivity index (χ2n) is 4.28. The lowest BCUT2D eigenvalue weighted by Gasteiger charge is -2.26. The Bertz CT molecular complexity index is 250. The Morgan fingerprint density at radius 3 is 2.44 bits per heavy atom. The monoisotopic (exact) mass is 228 g/mol. The van der Waals surface area contributed by atoms with Crippen LogP contribution in [-0.2, 0) is 9.59 Å². The molecule has 0 radical (unpaired) electrons. The molecule has 5 heteroatoms. The van der Waals surface area contributed by atoms with Crippen molar-refractivity contribution in [2.75, 3.05) is 13.1 Å². The minimum Gasteiger partial charge on any atom is -0.480 e. The number of nitrogens with zero attached hydrogens (tertiary/aromatic N) is 1. The molecule has 0 saturated carbocycles. The molecule has 5 nitrogen and oxygen atoms in total. The van der Waals surface area contributed by atoms with Gasteiger partial charge in [-0.1, -0.05) is 0 Å². The first-order valence-electron chi connectivity index (χ1n) is 5.87. The zero-order valence-electron chi connectivity index (χ0n) is 9.52. The van der Waals surface area contributed by atoms with Crippen LogP contribution in [-0.4, -0.2) is 41.0 Å². The summed E-state index contributed by atoms with van der Waals surface area (Å²) < 4.78 is 0. The molecular weight excluding hydrogens is 208 g/mol. The third-order valence-electron chi connectivity index (χ3n) is 2.93. The van der Waals surface area contributed by atoms with Crippen LogP contribution < -0.4 is 5.73 Å². The van der Waals surface area contributed by atoms with Crippen molar-refractivity contribution in [3.05, 3.63) is 0 Å². The van der Waals surface area contributed by atoms with E-state index in [1.165, 1.54) is 6.42 Å². The highest BCUT2D eigenvalue weighted by atomic mass is 16.4. The Labute approximate surface area is 95.6 Å². The first-order valence-corrected chi connectivity index (χ1v) is 5.87. The number of carboxylic acids is 1. The molecule has 1 saturated heterocycles. The summed E-state index contributed by atoms with van der Waals surface area (Å²) in [6.45, 7) is 1.70. The van der Waals surface area contributed by atoms with E-state index < -0.39 is 12.0 Å². The van der Waals surface area contributed by atoms with E-state index in [9.17, 15) is 9.59 Å². The number of piperidine rings is 1. The van der Waals surface area contributed by atoms with Crippen molar-refractivity contribution in [1.82, 2.24) is 4.90 Å². The number of carboxylic acid groups (broad SMARTS) is 1. The molecule has 1 rings (SSSR count). The van der Waals surface area contributed by atoms with Gasteiger partial charge in [0.1, 0.15) is 6.04 Å². The predicted molar refractivity (Wildman–Crippen MR) is 59.9 cm³/mol. The van der Waals surface area contributed by atoms with Crippen LogP contribution in [0.4, 0.5) is 0 Å². The maximum absolute atomic E-state index is 11.7. The highest BCUT2D eigenvalue weighted by Crippen LogP contribution is 2.11. The van der Waals surface area contributed by atoms with Gasteiger partial charge in [0.15, 0.2) is 0 Å². The molecule has 1 aliphatic heterocycles. The van der Waals surface area contributed by atoms with E-state index in [1.807, 2.05) is 4.90 Å². The largest absolute Gasteiger partial charge is 0.480 e. The Hall–Kier alpha value is -1.10. The Morgan fingerprint density at radius 2 is 1.88 bits per heavy atom. The highest BCUT2D eigenvalue weighted by Gasteiger charge is 2.17. The third-order valence-corrected chi connectivity index (χ3v) is 2.93. The van der Waals surface area contributed by atoms with Crippen molar-refractivity contribution in [2.24, 2.45) is 5.73 Å². The van der Waals surface area contributed by atoms with Gasteiger partial charge in [-0.2, -0.15) is 0 Å². The van der Waals surface area contributed by atoms with E-state index in [4.69, 9.17) is 10.8 Å². The Balaban J connectivity index is 2.16. The van der Waals surface area contributed by atoms with Crippen molar-refractivity contribution in [1.29, 1.82) is 0 Å². The number of hydrogen-bond acceptors (Lipinski definition) is 3. The van der Waals surface area contributed by atoms with Gasteiger partial charge in [0.2, 0.25) is 5.91 Å². The number of rotatable bonds is 5. The molecule has 0 bridgehead atoms. The summed E-state index contributed by atoms with van der Waals surface area (Å²) in [5.74, 6) is -0.859. The van der Waals surface area contributed by atoms with E-state index in [1.54, 1.807) is 0 Å². The number of amides is 1. The third kappa shape index (κ3) is 4.18. The van der Waals surface area contributed by atoms with Gasteiger partial charge in [0, 0.05) is 19.5 Å². The van der Waals surface area contributed by atoms with Crippen molar-refractivity contribution in [3.8, 4) is 0 Å². The molecular formula is C11H20N2O3. The first kappa shape index (κ1) is 13.0. The van der Waals surface area contributed by atoms with Crippen LogP contribution in [0.1, 0.15) is 38.5 Å². The smallest absolute Gasteiger partial charge is 0.320 e. The second-order valence-corrected chi connectivity index (χ2v) is 4.28. The summed E-state index contributed by atoms with van der Waals surface area (Å²) >= 11 is 0. The van der Waals surface area contributed by atoms with Crippen LogP contribution in [0.15, 0.2) is 0 Å². The van der Waals surface area contributed by atoms with E-state index >= 15 is 0 Å². The van der Waals surface area contributed by atoms with Gasteiger partial charge >= 0.3 is 5.97 Å². The summed E-state index contributed by atoms with van der Waals surface area (Å²) in [5.41, 5.74) is 5.36. The SMILES string of the molecule is N[C@H](CCCC(=O)N1CCCCC1)C(=O)O. The number of aliphatic carboxylic acids is 1. The van der Waals surface area contributed by atoms with Crippen LogP contribution >= 0.6 is 0 Å². The molecule has 0 aromatic carbocycles. The summed E-state index contributed by atoms with van der Waals surface area (Å²) in [6, 6.07) is -0.839. The van der Waals surface area contributed by atoms with Gasteiger partial charge < -0.3 is 15.7 Å². The molecule has 0 aromatic rings. The predicted octanol–water partition coefficient (Wildman–Crippen LogP) is 0.581. The molecule has 1 heterocycles. The number of hydrogen-bond donors (Lipinski definition) is 2. The van der Waals surface area contributed by atoms with Gasteiger partial charge in [-0.3, -0.25) is 9.59 Å². The molecule has 0 aliphatic carbocycles. The van der Waals surface area contributed by atoms with Crippen molar-refractivity contribution in [2.45, 2.75) is 44.6 Å². The van der Waals surface area contributed by atoms with E-state index in [0.717, 1.165) is 25.9 Å². The lowest BCUT2D eigenvalue weighted by Crippen LogP contribution is -2.36. The molecule has 16 heavy (non-hydrogen) atoms. The number of nitrogens with two attached hydrogens (primary N) is 1. The highest BCUT2D eigenvalue weighted by molar-refractivity contribution is 5.76. The van der Waals surface area contributed by atoms with Crippen molar-refractivity contribution >= 4 is 11.9 Å². The van der Waals surface area contributed by atoms with Gasteiger partial charge in [0.05, 0.1) is 0 Å². The summed E-state index contributed by atoms with van der Waals surface area (Å²) in [4.78, 5) is 24.0. The van der Waals surface area contributed by atoms with Gasteiger partial charge in [-0.05, 0) is 32.1 Å². The number of carbonyl (C=O) groups is 2. The molecule has 0 spiro atoms. The van der Waals surface area contributed by atoms with Crippen LogP contribution in [0.25, 0.3) is 0 Å². The summed E-state index contributed by atoms with van der Waals surface area (Å²) in [6.07, 6.45) is 4.72. The molecule has 92 valence electrons. The number of likely N-dealkylation sites (tertiary alicyclic amines) is 1. The van der Waals surface area contributed by atoms with Crippen molar-refractivity contribution < 1.29 is 14.7 Å². The van der Waals surface area contributed by atoms with Crippen molar-refractivity contribution in [3.63, 3.8) is 0 Å². The van der Waals surface area contributed by atoms with E-state index in [-0.39, 0.29) is 5.91 Å². The molecule has 0 unspecified atom stereocenters. The van der Waals surface area contributed by atoms with Gasteiger partial charge in [0.25, 0.3) is 0 Å². The first-order chi connectivity index (χ1) is 7.61. The lowest BCUT2D eigenvalue weighted by atomic mass is 10.1. The molecule has 1 amide bonds. The van der Waals surface area contributed by atoms with Crippen LogP contribution in [0.2, 0.25) is 0 Å². The average Bonchev–Trinajstić information content (AvgIpc) is 2.29. The fourth-order valence-corrected chi connectivity index (χ4v) is 1.90. The average molecular weight is 228 g/mol. The Kier molecular flexibility index (Phi) is 5.25. The fourth-order valence-electron chi connectivity index (χ4n) is 1.90. The molecule has 1 atom stereocenters. The topological polar surface area (TPSA) is 83.6 Å². The normalized spacial score (nSPS) is 18.2. The summed E-state index contributed by atoms with van der Waals surface area (Å²) in [7, 11) is 0. The zero-order valence-corrected chi connectivity index (χ0v) is 9.52. The second kappa shape index (κ2) is 6.48. The fraction of sp³-hybridized carbons (Fsp3) is 0.818. The maximum atomic E-state index is 11.7. The van der Waals surface area contributed by atoms with Crippen LogP contribution in [0.5, 0.6) is 0 Å². The van der Waals surface area contributed by atoms with Gasteiger partial charge in [-0.15, -0.1) is 0 Å². The van der Waals surface area contributed by atoms with E-state index in [2.05, 4.69) is 0 Å². The standard InChI is InChI=1S/C11H20N2O3/c12-9(11(15)16)5-4-6-10(14)13-7-2-1-3-8-13/h9H,1-8,12H2,(H,15,16)/t9-/m1/s1. The molecule has 1 aliphatic rings. The quantitative estimate of drug-likeness (QED) is 0.721. The van der Waals surface area contributed by atoms with E-state index in [0.29, 0.717) is 19.3 Å². The molecule has 1 fully saturated rings. The number of carbonyl (C=O) groups excluding carboxylic acids is 1. The Morgan fingerprint density at radius 1 is 1.25 bits per heavy atom. The van der Waals surface area contributed by atoms with Crippen LogP contribution in [0, 0.1) is 0 Å². The maximum Gasteiger partial charge on any atom is 0.320 e. The van der Waals surface area contributed by atoms with Crippen LogP contribution in [0.3, 0.4) is 0 Å².